The third kappa shape index (κ3) is 3.21. The maximum Gasteiger partial charge on any atom is 0.346 e. The fourth-order valence-electron chi connectivity index (χ4n) is 4.88. The van der Waals surface area contributed by atoms with Gasteiger partial charge in [-0.3, -0.25) is 4.79 Å². The van der Waals surface area contributed by atoms with Crippen LogP contribution in [0.25, 0.3) is 0 Å². The summed E-state index contributed by atoms with van der Waals surface area (Å²) in [6.45, 7) is 8.19. The predicted octanol–water partition coefficient (Wildman–Crippen LogP) is 3.88. The highest BCUT2D eigenvalue weighted by molar-refractivity contribution is 6.26. The summed E-state index contributed by atoms with van der Waals surface area (Å²) < 4.78 is 11.7. The second-order valence-electron chi connectivity index (χ2n) is 9.02. The molecule has 1 spiro atoms. The molecule has 4 bridgehead atoms. The van der Waals surface area contributed by atoms with Gasteiger partial charge in [-0.2, -0.15) is 0 Å². The predicted molar refractivity (Wildman–Crippen MR) is 113 cm³/mol. The van der Waals surface area contributed by atoms with Crippen LogP contribution in [0.2, 0.25) is 0 Å². The van der Waals surface area contributed by atoms with Crippen LogP contribution in [0.4, 0.5) is 0 Å². The lowest BCUT2D eigenvalue weighted by molar-refractivity contribution is -0.162. The quantitative estimate of drug-likeness (QED) is 0.374. The monoisotopic (exact) mass is 408 g/mol. The third-order valence-electron chi connectivity index (χ3n) is 6.62. The molecule has 0 amide bonds. The van der Waals surface area contributed by atoms with Crippen LogP contribution in [0, 0.1) is 11.3 Å². The molecule has 5 heteroatoms. The van der Waals surface area contributed by atoms with E-state index in [4.69, 9.17) is 9.47 Å². The number of aliphatic hydroxyl groups excluding tert-OH is 1. The molecule has 3 aliphatic heterocycles. The third-order valence-corrected chi connectivity index (χ3v) is 6.62. The fraction of sp³-hybridized carbons (Fsp3) is 0.440. The van der Waals surface area contributed by atoms with Crippen LogP contribution < -0.4 is 0 Å². The van der Waals surface area contributed by atoms with Crippen molar-refractivity contribution in [2.24, 2.45) is 11.3 Å². The van der Waals surface area contributed by atoms with E-state index >= 15 is 0 Å². The van der Waals surface area contributed by atoms with Crippen LogP contribution in [0.15, 0.2) is 70.6 Å². The first-order valence-electron chi connectivity index (χ1n) is 10.4. The highest BCUT2D eigenvalue weighted by Gasteiger charge is 2.64. The summed E-state index contributed by atoms with van der Waals surface area (Å²) in [4.78, 5) is 26.7. The first kappa shape index (κ1) is 20.6. The smallest absolute Gasteiger partial charge is 0.346 e. The minimum atomic E-state index is -1.30. The Morgan fingerprint density at radius 2 is 1.90 bits per heavy atom. The van der Waals surface area contributed by atoms with Crippen molar-refractivity contribution in [2.75, 3.05) is 6.61 Å². The van der Waals surface area contributed by atoms with Crippen molar-refractivity contribution in [3.05, 3.63) is 70.6 Å². The number of esters is 1. The topological polar surface area (TPSA) is 72.8 Å². The number of rotatable bonds is 0. The molecule has 0 unspecified atom stereocenters. The van der Waals surface area contributed by atoms with Gasteiger partial charge in [-0.25, -0.2) is 4.79 Å². The normalized spacial score (nSPS) is 38.6. The highest BCUT2D eigenvalue weighted by Crippen LogP contribution is 2.53. The number of aliphatic hydroxyl groups is 1. The van der Waals surface area contributed by atoms with E-state index in [-0.39, 0.29) is 29.6 Å². The van der Waals surface area contributed by atoms with E-state index in [2.05, 4.69) is 13.0 Å². The number of carbonyl (C=O) groups excluding carboxylic acids is 2. The van der Waals surface area contributed by atoms with Crippen LogP contribution in [-0.4, -0.2) is 35.2 Å². The largest absolute Gasteiger partial charge is 0.488 e. The molecule has 5 rings (SSSR count). The van der Waals surface area contributed by atoms with Gasteiger partial charge in [-0.15, -0.1) is 0 Å². The summed E-state index contributed by atoms with van der Waals surface area (Å²) in [6, 6.07) is 0. The molecule has 0 aromatic heterocycles. The van der Waals surface area contributed by atoms with Crippen molar-refractivity contribution in [3.8, 4) is 0 Å². The Bertz CT molecular complexity index is 989. The Morgan fingerprint density at radius 1 is 1.13 bits per heavy atom. The molecule has 1 fully saturated rings. The zero-order valence-electron chi connectivity index (χ0n) is 17.9. The average molecular weight is 408 g/mol. The van der Waals surface area contributed by atoms with Crippen LogP contribution in [-0.2, 0) is 19.1 Å². The van der Waals surface area contributed by atoms with Gasteiger partial charge in [-0.1, -0.05) is 48.5 Å². The average Bonchev–Trinajstić information content (AvgIpc) is 2.91. The lowest BCUT2D eigenvalue weighted by Crippen LogP contribution is -2.53. The van der Waals surface area contributed by atoms with E-state index in [0.717, 1.165) is 16.7 Å². The van der Waals surface area contributed by atoms with Crippen molar-refractivity contribution in [1.82, 2.24) is 0 Å². The zero-order chi connectivity index (χ0) is 21.7. The van der Waals surface area contributed by atoms with Gasteiger partial charge in [0, 0.05) is 6.42 Å². The minimum Gasteiger partial charge on any atom is -0.488 e. The molecule has 1 saturated heterocycles. The van der Waals surface area contributed by atoms with Crippen molar-refractivity contribution in [2.45, 2.75) is 52.2 Å². The van der Waals surface area contributed by atoms with Crippen molar-refractivity contribution in [3.63, 3.8) is 0 Å². The lowest BCUT2D eigenvalue weighted by atomic mass is 9.61. The molecule has 0 radical (unpaired) electrons. The first-order valence-corrected chi connectivity index (χ1v) is 10.4. The van der Waals surface area contributed by atoms with E-state index in [1.807, 2.05) is 39.0 Å². The van der Waals surface area contributed by atoms with Crippen LogP contribution in [0.1, 0.15) is 40.5 Å². The Morgan fingerprint density at radius 3 is 2.60 bits per heavy atom. The van der Waals surface area contributed by atoms with Crippen molar-refractivity contribution in [1.29, 1.82) is 0 Å². The van der Waals surface area contributed by atoms with E-state index in [0.29, 0.717) is 12.8 Å². The number of hydrogen-bond acceptors (Lipinski definition) is 5. The van der Waals surface area contributed by atoms with Gasteiger partial charge in [0.2, 0.25) is 5.78 Å². The maximum absolute atomic E-state index is 13.8. The minimum absolute atomic E-state index is 0.0197. The molecule has 5 aliphatic rings. The van der Waals surface area contributed by atoms with Gasteiger partial charge < -0.3 is 14.6 Å². The summed E-state index contributed by atoms with van der Waals surface area (Å²) in [7, 11) is 0. The summed E-state index contributed by atoms with van der Waals surface area (Å²) >= 11 is 0. The summed E-state index contributed by atoms with van der Waals surface area (Å²) in [5, 5.41) is 10.3. The summed E-state index contributed by atoms with van der Waals surface area (Å²) in [5.41, 5.74) is 0.782. The summed E-state index contributed by atoms with van der Waals surface area (Å²) in [6.07, 6.45) is 13.3. The molecule has 30 heavy (non-hydrogen) atoms. The standard InChI is InChI=1S/C25H28O5/c1-15-6-5-7-19(26)10-18-8-9-20(29-14-18)21-22(27)25(30-23(21)28)13-17(3)16(2)12-24(25,4)11-15/h5-6,8-12,17,19,26H,7,13-14H2,1-4H3/b6-5?,15-11?,18-10?,21-20-/t17-,19+,24-,25+/m0/s1. The maximum atomic E-state index is 13.8. The molecule has 5 nitrogen and oxygen atoms in total. The fourth-order valence-corrected chi connectivity index (χ4v) is 4.88. The Labute approximate surface area is 177 Å². The molecule has 0 saturated carbocycles. The Kier molecular flexibility index (Phi) is 4.97. The number of carbonyl (C=O) groups is 2. The number of fused-ring (bicyclic) bond motifs is 5. The number of ether oxygens (including phenoxy) is 2. The van der Waals surface area contributed by atoms with Gasteiger partial charge in [0.25, 0.3) is 0 Å². The van der Waals surface area contributed by atoms with Gasteiger partial charge in [0.15, 0.2) is 5.60 Å². The van der Waals surface area contributed by atoms with Crippen LogP contribution >= 0.6 is 0 Å². The number of hydrogen-bond donors (Lipinski definition) is 1. The highest BCUT2D eigenvalue weighted by atomic mass is 16.6. The molecule has 3 heterocycles. The van der Waals surface area contributed by atoms with Gasteiger partial charge in [0.05, 0.1) is 11.5 Å². The van der Waals surface area contributed by atoms with Gasteiger partial charge >= 0.3 is 5.97 Å². The molecule has 158 valence electrons. The lowest BCUT2D eigenvalue weighted by Gasteiger charge is -2.45. The van der Waals surface area contributed by atoms with E-state index in [1.165, 1.54) is 0 Å². The molecule has 2 aliphatic carbocycles. The SMILES string of the molecule is CC1=C[C@@]2(C)C=C(C)[C@@H](C)C[C@]23OC(=O)/C(=C2/C=CC(=C[C@H](O)CC=C1)CO2)C3=O. The van der Waals surface area contributed by atoms with Crippen LogP contribution in [0.5, 0.6) is 0 Å². The molecular weight excluding hydrogens is 380 g/mol. The number of Topliss-reactive ketones (excluding diaryl/α,β-unsaturated/α-hetero) is 1. The molecule has 4 atom stereocenters. The molecule has 0 aromatic carbocycles. The van der Waals surface area contributed by atoms with E-state index in [1.54, 1.807) is 18.2 Å². The molecule has 0 aromatic rings. The van der Waals surface area contributed by atoms with Crippen molar-refractivity contribution >= 4 is 11.8 Å². The zero-order valence-corrected chi connectivity index (χ0v) is 17.9. The van der Waals surface area contributed by atoms with E-state index < -0.39 is 23.1 Å². The summed E-state index contributed by atoms with van der Waals surface area (Å²) in [5.74, 6) is -0.603. The Balaban J connectivity index is 1.95. The molecular formula is C25H28O5. The number of ketones is 1. The number of allylic oxidation sites excluding steroid dienone is 4. The van der Waals surface area contributed by atoms with E-state index in [9.17, 15) is 14.7 Å². The van der Waals surface area contributed by atoms with Crippen molar-refractivity contribution < 1.29 is 24.2 Å². The second-order valence-corrected chi connectivity index (χ2v) is 9.02. The second kappa shape index (κ2) is 7.24. The van der Waals surface area contributed by atoms with Gasteiger partial charge in [0.1, 0.15) is 17.9 Å². The first-order chi connectivity index (χ1) is 14.1. The Hall–Kier alpha value is -2.66. The molecule has 1 N–H and O–H groups in total. The van der Waals surface area contributed by atoms with Crippen LogP contribution in [0.3, 0.4) is 0 Å². The van der Waals surface area contributed by atoms with Gasteiger partial charge in [-0.05, 0) is 50.8 Å².